The molecule has 1 saturated heterocycles. The Morgan fingerprint density at radius 2 is 1.97 bits per heavy atom. The van der Waals surface area contributed by atoms with Crippen molar-refractivity contribution < 1.29 is 18.7 Å². The number of allylic oxidation sites excluding steroid dienone is 1. The van der Waals surface area contributed by atoms with Gasteiger partial charge in [0.25, 0.3) is 0 Å². The molecular formula is C25H32N4O4. The van der Waals surface area contributed by atoms with E-state index in [2.05, 4.69) is 28.8 Å². The number of aromatic nitrogens is 3. The van der Waals surface area contributed by atoms with E-state index in [1.165, 1.54) is 5.69 Å². The zero-order valence-electron chi connectivity index (χ0n) is 20.0. The first-order valence-electron chi connectivity index (χ1n) is 11.7. The van der Waals surface area contributed by atoms with Crippen LogP contribution in [0.25, 0.3) is 5.57 Å². The molecule has 1 fully saturated rings. The molecule has 8 nitrogen and oxygen atoms in total. The molecule has 2 unspecified atom stereocenters. The maximum atomic E-state index is 5.87. The summed E-state index contributed by atoms with van der Waals surface area (Å²) in [7, 11) is 3.46. The summed E-state index contributed by atoms with van der Waals surface area (Å²) in [4.78, 5) is 10.0. The molecule has 176 valence electrons. The average molecular weight is 453 g/mol. The highest BCUT2D eigenvalue weighted by Crippen LogP contribution is 2.43. The zero-order chi connectivity index (χ0) is 23.1. The van der Waals surface area contributed by atoms with Crippen LogP contribution in [0.5, 0.6) is 0 Å². The lowest BCUT2D eigenvalue weighted by atomic mass is 9.83. The van der Waals surface area contributed by atoms with E-state index in [1.807, 2.05) is 20.1 Å². The summed E-state index contributed by atoms with van der Waals surface area (Å²) in [6.45, 7) is 8.25. The van der Waals surface area contributed by atoms with E-state index < -0.39 is 0 Å². The molecule has 0 bridgehead atoms. The molecule has 0 aromatic carbocycles. The van der Waals surface area contributed by atoms with Crippen LogP contribution in [0, 0.1) is 13.8 Å². The average Bonchev–Trinajstić information content (AvgIpc) is 3.38. The normalized spacial score (nSPS) is 23.5. The third kappa shape index (κ3) is 3.75. The Morgan fingerprint density at radius 3 is 2.64 bits per heavy atom. The number of fused-ring (bicyclic) bond motifs is 3. The summed E-state index contributed by atoms with van der Waals surface area (Å²) >= 11 is 0. The van der Waals surface area contributed by atoms with Gasteiger partial charge in [0.1, 0.15) is 23.0 Å². The molecular weight excluding hydrogens is 420 g/mol. The van der Waals surface area contributed by atoms with Gasteiger partial charge >= 0.3 is 0 Å². The van der Waals surface area contributed by atoms with Crippen molar-refractivity contribution in [1.82, 2.24) is 14.7 Å². The quantitative estimate of drug-likeness (QED) is 0.656. The molecule has 0 saturated carbocycles. The van der Waals surface area contributed by atoms with Gasteiger partial charge in [0.05, 0.1) is 42.8 Å². The summed E-state index contributed by atoms with van der Waals surface area (Å²) < 4.78 is 24.9. The molecule has 0 amide bonds. The highest BCUT2D eigenvalue weighted by Gasteiger charge is 2.38. The van der Waals surface area contributed by atoms with Crippen LogP contribution in [0.4, 0.5) is 0 Å². The lowest BCUT2D eigenvalue weighted by molar-refractivity contribution is 0.0814. The molecule has 0 spiro atoms. The number of aliphatic imine (C=N–C) groups is 1. The van der Waals surface area contributed by atoms with E-state index >= 15 is 0 Å². The van der Waals surface area contributed by atoms with Gasteiger partial charge in [-0.15, -0.1) is 0 Å². The van der Waals surface area contributed by atoms with E-state index in [4.69, 9.17) is 28.7 Å². The van der Waals surface area contributed by atoms with Crippen molar-refractivity contribution in [2.24, 2.45) is 4.99 Å². The predicted octanol–water partition coefficient (Wildman–Crippen LogP) is 4.10. The minimum atomic E-state index is -0.0483. The van der Waals surface area contributed by atoms with Crippen LogP contribution in [-0.2, 0) is 14.2 Å². The third-order valence-electron chi connectivity index (χ3n) is 6.95. The number of nitrogens with zero attached hydrogens (tertiary/aromatic N) is 4. The first-order valence-corrected chi connectivity index (χ1v) is 11.7. The van der Waals surface area contributed by atoms with Crippen LogP contribution in [0.15, 0.2) is 27.4 Å². The molecule has 8 heteroatoms. The van der Waals surface area contributed by atoms with Gasteiger partial charge in [-0.05, 0) is 45.8 Å². The fourth-order valence-corrected chi connectivity index (χ4v) is 5.42. The van der Waals surface area contributed by atoms with Crippen LogP contribution >= 0.6 is 0 Å². The lowest BCUT2D eigenvalue weighted by Gasteiger charge is -2.32. The smallest absolute Gasteiger partial charge is 0.141 e. The second-order valence-electron chi connectivity index (χ2n) is 9.11. The Kier molecular flexibility index (Phi) is 5.97. The number of rotatable bonds is 6. The van der Waals surface area contributed by atoms with Crippen molar-refractivity contribution in [3.05, 3.63) is 52.1 Å². The molecule has 3 aliphatic rings. The maximum Gasteiger partial charge on any atom is 0.141 e. The molecule has 33 heavy (non-hydrogen) atoms. The van der Waals surface area contributed by atoms with Gasteiger partial charge in [-0.1, -0.05) is 5.16 Å². The highest BCUT2D eigenvalue weighted by molar-refractivity contribution is 5.86. The van der Waals surface area contributed by atoms with Gasteiger partial charge in [-0.25, -0.2) is 4.98 Å². The summed E-state index contributed by atoms with van der Waals surface area (Å²) in [6.07, 6.45) is 8.27. The van der Waals surface area contributed by atoms with E-state index in [0.29, 0.717) is 12.5 Å². The first-order chi connectivity index (χ1) is 16.0. The van der Waals surface area contributed by atoms with Gasteiger partial charge in [0.2, 0.25) is 0 Å². The SMILES string of the molecule is COC[C@@H](C)n1c(C2CCOCC2)nc2c1C1C=C(OC)C(c3c(C)noc3C)=CC1N=C2. The monoisotopic (exact) mass is 452 g/mol. The van der Waals surface area contributed by atoms with Gasteiger partial charge in [0, 0.05) is 43.9 Å². The molecule has 2 aliphatic heterocycles. The minimum Gasteiger partial charge on any atom is -0.496 e. The predicted molar refractivity (Wildman–Crippen MR) is 125 cm³/mol. The lowest BCUT2D eigenvalue weighted by Crippen LogP contribution is -2.28. The van der Waals surface area contributed by atoms with Gasteiger partial charge in [-0.2, -0.15) is 0 Å². The number of methoxy groups -OCH3 is 2. The minimum absolute atomic E-state index is 0.0320. The van der Waals surface area contributed by atoms with Crippen LogP contribution < -0.4 is 0 Å². The number of aryl methyl sites for hydroxylation is 2. The molecule has 3 atom stereocenters. The van der Waals surface area contributed by atoms with Crippen molar-refractivity contribution >= 4 is 11.8 Å². The molecule has 0 N–H and O–H groups in total. The van der Waals surface area contributed by atoms with E-state index in [-0.39, 0.29) is 18.0 Å². The first kappa shape index (κ1) is 22.1. The molecule has 1 aliphatic carbocycles. The molecule has 2 aromatic rings. The van der Waals surface area contributed by atoms with Crippen molar-refractivity contribution in [3.8, 4) is 0 Å². The second-order valence-corrected chi connectivity index (χ2v) is 9.11. The summed E-state index contributed by atoms with van der Waals surface area (Å²) in [5.41, 5.74) is 4.94. The van der Waals surface area contributed by atoms with Gasteiger partial charge in [-0.3, -0.25) is 4.99 Å². The number of hydrogen-bond donors (Lipinski definition) is 0. The zero-order valence-corrected chi connectivity index (χ0v) is 20.0. The largest absolute Gasteiger partial charge is 0.496 e. The maximum absolute atomic E-state index is 5.87. The Labute approximate surface area is 194 Å². The molecule has 4 heterocycles. The highest BCUT2D eigenvalue weighted by atomic mass is 16.5. The van der Waals surface area contributed by atoms with Gasteiger partial charge in [0.15, 0.2) is 0 Å². The van der Waals surface area contributed by atoms with Crippen LogP contribution in [0.1, 0.15) is 71.9 Å². The number of ether oxygens (including phenoxy) is 3. The number of hydrogen-bond acceptors (Lipinski definition) is 7. The van der Waals surface area contributed by atoms with E-state index in [1.54, 1.807) is 14.2 Å². The Bertz CT molecular complexity index is 1100. The molecule has 5 rings (SSSR count). The van der Waals surface area contributed by atoms with Crippen LogP contribution in [-0.4, -0.2) is 61.0 Å². The second kappa shape index (κ2) is 8.91. The van der Waals surface area contributed by atoms with Crippen molar-refractivity contribution in [1.29, 1.82) is 0 Å². The molecule has 0 radical (unpaired) electrons. The third-order valence-corrected chi connectivity index (χ3v) is 6.95. The summed E-state index contributed by atoms with van der Waals surface area (Å²) in [6, 6.07) is 0.108. The Balaban J connectivity index is 1.62. The summed E-state index contributed by atoms with van der Waals surface area (Å²) in [5, 5.41) is 4.14. The van der Waals surface area contributed by atoms with Gasteiger partial charge < -0.3 is 23.3 Å². The van der Waals surface area contributed by atoms with Crippen LogP contribution in [0.2, 0.25) is 0 Å². The summed E-state index contributed by atoms with van der Waals surface area (Å²) in [5.74, 6) is 3.12. The van der Waals surface area contributed by atoms with E-state index in [0.717, 1.165) is 65.9 Å². The van der Waals surface area contributed by atoms with Crippen molar-refractivity contribution in [2.75, 3.05) is 34.0 Å². The molecule has 2 aromatic heterocycles. The number of imidazole rings is 1. The Morgan fingerprint density at radius 1 is 1.18 bits per heavy atom. The Hall–Kier alpha value is -2.71. The van der Waals surface area contributed by atoms with Crippen LogP contribution in [0.3, 0.4) is 0 Å². The van der Waals surface area contributed by atoms with Crippen molar-refractivity contribution in [3.63, 3.8) is 0 Å². The fraction of sp³-hybridized carbons (Fsp3) is 0.560. The standard InChI is InChI=1S/C25H32N4O4/c1-14(13-30-4)29-24-18-11-22(31-5)19(23-15(2)28-33-16(23)3)10-20(18)26-12-21(24)27-25(29)17-6-8-32-9-7-17/h10-12,14,17-18,20H,6-9,13H2,1-5H3/t14-,18?,20?/m1/s1. The fourth-order valence-electron chi connectivity index (χ4n) is 5.42. The van der Waals surface area contributed by atoms with E-state index in [9.17, 15) is 0 Å². The topological polar surface area (TPSA) is 83.9 Å². The van der Waals surface area contributed by atoms with Crippen molar-refractivity contribution in [2.45, 2.75) is 57.5 Å².